The number of aryl methyl sites for hydroxylation is 1. The fourth-order valence-corrected chi connectivity index (χ4v) is 13.9. The van der Waals surface area contributed by atoms with Crippen LogP contribution in [0.2, 0.25) is 0 Å². The van der Waals surface area contributed by atoms with Gasteiger partial charge in [-0.15, -0.1) is 11.3 Å². The molecule has 1 fully saturated rings. The molecule has 4 heterocycles. The normalized spacial score (nSPS) is 19.8. The Labute approximate surface area is 409 Å². The van der Waals surface area contributed by atoms with Crippen LogP contribution in [-0.4, -0.2) is 12.3 Å². The highest BCUT2D eigenvalue weighted by molar-refractivity contribution is 7.25. The first-order chi connectivity index (χ1) is 32.2. The van der Waals surface area contributed by atoms with Crippen LogP contribution in [0.4, 0.5) is 45.5 Å². The van der Waals surface area contributed by atoms with Gasteiger partial charge in [-0.25, -0.2) is 0 Å². The van der Waals surface area contributed by atoms with Gasteiger partial charge >= 0.3 is 0 Å². The van der Waals surface area contributed by atoms with E-state index in [2.05, 4.69) is 231 Å². The average Bonchev–Trinajstić information content (AvgIpc) is 3.76. The predicted octanol–water partition coefficient (Wildman–Crippen LogP) is 16.1. The van der Waals surface area contributed by atoms with Gasteiger partial charge in [0.15, 0.2) is 0 Å². The Morgan fingerprint density at radius 3 is 1.79 bits per heavy atom. The maximum absolute atomic E-state index is 2.78. The molecular weight excluding hydrogens is 842 g/mol. The minimum absolute atomic E-state index is 0.0127. The van der Waals surface area contributed by atoms with Gasteiger partial charge in [-0.2, -0.15) is 0 Å². The van der Waals surface area contributed by atoms with Crippen molar-refractivity contribution in [2.45, 2.75) is 136 Å². The molecule has 1 aromatic heterocycles. The fraction of sp³-hybridized carbons (Fsp3) is 0.333. The van der Waals surface area contributed by atoms with Crippen LogP contribution >= 0.6 is 11.3 Å². The molecule has 5 heteroatoms. The van der Waals surface area contributed by atoms with E-state index in [1.54, 1.807) is 0 Å². The van der Waals surface area contributed by atoms with E-state index in [1.165, 1.54) is 129 Å². The highest BCUT2D eigenvalue weighted by Crippen LogP contribution is 2.62. The van der Waals surface area contributed by atoms with Gasteiger partial charge in [0.25, 0.3) is 6.71 Å². The summed E-state index contributed by atoms with van der Waals surface area (Å²) in [5.74, 6) is 0. The third-order valence-electron chi connectivity index (χ3n) is 16.9. The van der Waals surface area contributed by atoms with Crippen molar-refractivity contribution in [3.63, 3.8) is 0 Å². The lowest BCUT2D eigenvalue weighted by Crippen LogP contribution is -2.61. The molecule has 7 aromatic carbocycles. The first kappa shape index (κ1) is 43.5. The molecule has 0 radical (unpaired) electrons. The quantitative estimate of drug-likeness (QED) is 0.164. The molecule has 68 heavy (non-hydrogen) atoms. The van der Waals surface area contributed by atoms with E-state index in [9.17, 15) is 0 Å². The first-order valence-corrected chi connectivity index (χ1v) is 26.1. The van der Waals surface area contributed by atoms with Crippen molar-refractivity contribution in [1.29, 1.82) is 0 Å². The topological polar surface area (TPSA) is 9.72 Å². The van der Waals surface area contributed by atoms with Crippen molar-refractivity contribution in [2.75, 3.05) is 14.7 Å². The second-order valence-electron chi connectivity index (χ2n) is 24.3. The molecule has 8 aromatic rings. The second kappa shape index (κ2) is 14.6. The SMILES string of the molecule is Cc1cc2c3c(c1)N(c1ccc4sc5ccccc5c4c1)c1cc(C(C)(C)C)ccc1B3c1ccc(N3c4ccc(C(C)(C)C)cc4C4(C)CCCCC34C)cc1N2c1cccc(C(C)(C)C)c1. The van der Waals surface area contributed by atoms with Gasteiger partial charge in [0, 0.05) is 71.1 Å². The Bertz CT molecular complexity index is 3390. The van der Waals surface area contributed by atoms with Gasteiger partial charge in [0.2, 0.25) is 0 Å². The van der Waals surface area contributed by atoms with E-state index < -0.39 is 0 Å². The molecule has 2 atom stereocenters. The van der Waals surface area contributed by atoms with Crippen molar-refractivity contribution in [3.8, 4) is 0 Å². The third-order valence-corrected chi connectivity index (χ3v) is 18.0. The standard InChI is InChI=1S/C63H66BN3S/c1-39-32-54-58-55(33-39)66(44-25-29-57-47(37-44)46-20-13-14-21-56(46)68-57)52-36-42(61(8,9)10)22-26-49(52)64(58)50-27-24-45(38-53(50)65(54)43-19-17-18-40(34-43)59(2,3)4)67-51-28-23-41(60(5,6)7)35-48(51)62(11)30-15-16-31-63(62,67)12/h13-14,17-29,32-38H,15-16,30-31H2,1-12H3. The molecule has 3 aliphatic heterocycles. The molecule has 2 unspecified atom stereocenters. The highest BCUT2D eigenvalue weighted by atomic mass is 32.1. The fourth-order valence-electron chi connectivity index (χ4n) is 12.8. The summed E-state index contributed by atoms with van der Waals surface area (Å²) in [6.45, 7) is 28.6. The van der Waals surface area contributed by atoms with Crippen LogP contribution in [-0.2, 0) is 21.7 Å². The van der Waals surface area contributed by atoms with Crippen molar-refractivity contribution in [3.05, 3.63) is 161 Å². The summed E-state index contributed by atoms with van der Waals surface area (Å²) in [6.07, 6.45) is 4.88. The zero-order valence-electron chi connectivity index (χ0n) is 42.4. The second-order valence-corrected chi connectivity index (χ2v) is 25.4. The number of fused-ring (bicyclic) bond motifs is 10. The number of nitrogens with zero attached hydrogens (tertiary/aromatic N) is 3. The lowest BCUT2D eigenvalue weighted by atomic mass is 9.33. The predicted molar refractivity (Wildman–Crippen MR) is 297 cm³/mol. The van der Waals surface area contributed by atoms with Crippen molar-refractivity contribution >= 4 is 100 Å². The Morgan fingerprint density at radius 1 is 0.485 bits per heavy atom. The Balaban J connectivity index is 1.13. The number of rotatable bonds is 3. The highest BCUT2D eigenvalue weighted by Gasteiger charge is 2.58. The van der Waals surface area contributed by atoms with Crippen LogP contribution in [0.5, 0.6) is 0 Å². The molecule has 3 nitrogen and oxygen atoms in total. The van der Waals surface area contributed by atoms with Crippen LogP contribution in [0.25, 0.3) is 20.2 Å². The van der Waals surface area contributed by atoms with Gasteiger partial charge in [-0.3, -0.25) is 0 Å². The van der Waals surface area contributed by atoms with Gasteiger partial charge in [0.05, 0.1) is 5.54 Å². The molecule has 0 bridgehead atoms. The molecule has 4 aliphatic rings. The number of thiophene rings is 1. The Hall–Kier alpha value is -5.78. The summed E-state index contributed by atoms with van der Waals surface area (Å²) in [5, 5.41) is 2.64. The maximum Gasteiger partial charge on any atom is 0.252 e. The number of benzene rings is 7. The minimum Gasteiger partial charge on any atom is -0.334 e. The van der Waals surface area contributed by atoms with E-state index in [-0.39, 0.29) is 33.9 Å². The van der Waals surface area contributed by atoms with Gasteiger partial charge in [-0.05, 0) is 160 Å². The monoisotopic (exact) mass is 908 g/mol. The molecule has 0 N–H and O–H groups in total. The lowest BCUT2D eigenvalue weighted by molar-refractivity contribution is 0.195. The zero-order valence-corrected chi connectivity index (χ0v) is 43.2. The largest absolute Gasteiger partial charge is 0.334 e. The van der Waals surface area contributed by atoms with Gasteiger partial charge in [0.1, 0.15) is 0 Å². The van der Waals surface area contributed by atoms with E-state index in [4.69, 9.17) is 0 Å². The first-order valence-electron chi connectivity index (χ1n) is 25.2. The molecule has 342 valence electrons. The van der Waals surface area contributed by atoms with E-state index in [0.29, 0.717) is 0 Å². The molecule has 0 saturated heterocycles. The third kappa shape index (κ3) is 6.29. The molecular formula is C63H66BN3S. The average molecular weight is 908 g/mol. The van der Waals surface area contributed by atoms with Crippen LogP contribution in [0.15, 0.2) is 133 Å². The Morgan fingerprint density at radius 2 is 1.07 bits per heavy atom. The molecule has 1 aliphatic carbocycles. The van der Waals surface area contributed by atoms with Crippen LogP contribution < -0.4 is 31.1 Å². The number of hydrogen-bond donors (Lipinski definition) is 0. The number of anilines is 8. The van der Waals surface area contributed by atoms with Crippen molar-refractivity contribution < 1.29 is 0 Å². The van der Waals surface area contributed by atoms with Gasteiger partial charge in [-0.1, -0.05) is 143 Å². The van der Waals surface area contributed by atoms with E-state index >= 15 is 0 Å². The summed E-state index contributed by atoms with van der Waals surface area (Å²) in [5.41, 5.74) is 21.1. The molecule has 0 spiro atoms. The van der Waals surface area contributed by atoms with E-state index in [1.807, 2.05) is 11.3 Å². The zero-order chi connectivity index (χ0) is 47.4. The summed E-state index contributed by atoms with van der Waals surface area (Å²) < 4.78 is 2.66. The van der Waals surface area contributed by atoms with Gasteiger partial charge < -0.3 is 14.7 Å². The number of hydrogen-bond acceptors (Lipinski definition) is 4. The summed E-state index contributed by atoms with van der Waals surface area (Å²) in [6, 6.07) is 52.9. The van der Waals surface area contributed by atoms with Crippen molar-refractivity contribution in [1.82, 2.24) is 0 Å². The summed E-state index contributed by atoms with van der Waals surface area (Å²) >= 11 is 1.89. The smallest absolute Gasteiger partial charge is 0.252 e. The van der Waals surface area contributed by atoms with Crippen LogP contribution in [0.3, 0.4) is 0 Å². The molecule has 1 saturated carbocycles. The summed E-state index contributed by atoms with van der Waals surface area (Å²) in [7, 11) is 0. The summed E-state index contributed by atoms with van der Waals surface area (Å²) in [4.78, 5) is 8.03. The Kier molecular flexibility index (Phi) is 9.36. The minimum atomic E-state index is -0.0676. The van der Waals surface area contributed by atoms with E-state index in [0.717, 1.165) is 6.42 Å². The van der Waals surface area contributed by atoms with Crippen molar-refractivity contribution in [2.24, 2.45) is 0 Å². The molecule has 0 amide bonds. The van der Waals surface area contributed by atoms with Crippen LogP contribution in [0, 0.1) is 6.92 Å². The van der Waals surface area contributed by atoms with Crippen LogP contribution in [0.1, 0.15) is 130 Å². The molecule has 12 rings (SSSR count). The lowest BCUT2D eigenvalue weighted by Gasteiger charge is -2.50. The maximum atomic E-state index is 2.78.